The molecule has 68 valence electrons. The fourth-order valence-electron chi connectivity index (χ4n) is 0.888. The minimum Gasteiger partial charge on any atom is -0.372 e. The van der Waals surface area contributed by atoms with E-state index in [1.807, 2.05) is 19.9 Å². The van der Waals surface area contributed by atoms with Crippen LogP contribution in [0.25, 0.3) is 0 Å². The first-order valence-corrected chi connectivity index (χ1v) is 3.85. The summed E-state index contributed by atoms with van der Waals surface area (Å²) >= 11 is 0. The van der Waals surface area contributed by atoms with Crippen molar-refractivity contribution in [3.63, 3.8) is 0 Å². The molecule has 0 aromatic carbocycles. The van der Waals surface area contributed by atoms with Crippen LogP contribution < -0.4 is 5.90 Å². The van der Waals surface area contributed by atoms with Gasteiger partial charge in [-0.15, -0.1) is 0 Å². The van der Waals surface area contributed by atoms with Gasteiger partial charge >= 0.3 is 5.97 Å². The molecule has 0 spiro atoms. The molecule has 2 atom stereocenters. The van der Waals surface area contributed by atoms with E-state index in [9.17, 15) is 4.79 Å². The summed E-state index contributed by atoms with van der Waals surface area (Å²) in [6, 6.07) is 1.93. The van der Waals surface area contributed by atoms with Crippen molar-refractivity contribution in [1.29, 1.82) is 5.26 Å². The molecule has 0 aliphatic rings. The Balaban J connectivity index is 4.70. The first-order valence-electron chi connectivity index (χ1n) is 3.85. The van der Waals surface area contributed by atoms with E-state index in [1.165, 1.54) is 6.92 Å². The maximum absolute atomic E-state index is 11.1. The van der Waals surface area contributed by atoms with E-state index in [1.54, 1.807) is 0 Å². The summed E-state index contributed by atoms with van der Waals surface area (Å²) in [7, 11) is 0. The Morgan fingerprint density at radius 3 is 2.58 bits per heavy atom. The molecule has 0 saturated carbocycles. The van der Waals surface area contributed by atoms with Gasteiger partial charge in [0.25, 0.3) is 0 Å². The van der Waals surface area contributed by atoms with Crippen LogP contribution >= 0.6 is 0 Å². The molecular formula is C8H14N2O2. The predicted octanol–water partition coefficient (Wildman–Crippen LogP) is 0.979. The third-order valence-corrected chi connectivity index (χ3v) is 2.36. The second kappa shape index (κ2) is 4.07. The van der Waals surface area contributed by atoms with E-state index < -0.39 is 11.4 Å². The van der Waals surface area contributed by atoms with Gasteiger partial charge < -0.3 is 4.84 Å². The highest BCUT2D eigenvalue weighted by atomic mass is 16.7. The second-order valence-corrected chi connectivity index (χ2v) is 3.03. The van der Waals surface area contributed by atoms with Gasteiger partial charge in [0.2, 0.25) is 0 Å². The Morgan fingerprint density at radius 1 is 1.83 bits per heavy atom. The molecule has 0 radical (unpaired) electrons. The van der Waals surface area contributed by atoms with Crippen LogP contribution in [0, 0.1) is 22.7 Å². The predicted molar refractivity (Wildman–Crippen MR) is 43.5 cm³/mol. The molecule has 4 heteroatoms. The Labute approximate surface area is 72.3 Å². The first kappa shape index (κ1) is 10.9. The van der Waals surface area contributed by atoms with Gasteiger partial charge in [-0.2, -0.15) is 11.2 Å². The number of nitrogens with zero attached hydrogens (tertiary/aromatic N) is 1. The Hall–Kier alpha value is -1.08. The average molecular weight is 170 g/mol. The summed E-state index contributed by atoms with van der Waals surface area (Å²) in [4.78, 5) is 15.2. The lowest BCUT2D eigenvalue weighted by molar-refractivity contribution is -0.154. The van der Waals surface area contributed by atoms with Gasteiger partial charge in [0.05, 0.1) is 6.07 Å². The van der Waals surface area contributed by atoms with Crippen molar-refractivity contribution in [2.24, 2.45) is 17.2 Å². The van der Waals surface area contributed by atoms with Crippen LogP contribution in [0.2, 0.25) is 0 Å². The number of rotatable bonds is 3. The standard InChI is InChI=1S/C8H14N2O2/c1-4-6(2)8(3,5-9)7(11)12-10/h6H,4,10H2,1-3H3. The van der Waals surface area contributed by atoms with Crippen molar-refractivity contribution in [3.05, 3.63) is 0 Å². The number of carbonyl (C=O) groups is 1. The molecule has 0 aliphatic carbocycles. The van der Waals surface area contributed by atoms with Gasteiger partial charge in [-0.1, -0.05) is 20.3 Å². The summed E-state index contributed by atoms with van der Waals surface area (Å²) in [5.41, 5.74) is -1.12. The Morgan fingerprint density at radius 2 is 2.33 bits per heavy atom. The van der Waals surface area contributed by atoms with Crippen LogP contribution in [0.4, 0.5) is 0 Å². The molecule has 4 nitrogen and oxygen atoms in total. The summed E-state index contributed by atoms with van der Waals surface area (Å²) in [5, 5.41) is 8.78. The fraction of sp³-hybridized carbons (Fsp3) is 0.750. The molecular weight excluding hydrogens is 156 g/mol. The zero-order valence-electron chi connectivity index (χ0n) is 7.63. The molecule has 0 saturated heterocycles. The van der Waals surface area contributed by atoms with Gasteiger partial charge in [0.1, 0.15) is 0 Å². The molecule has 2 unspecified atom stereocenters. The van der Waals surface area contributed by atoms with Crippen molar-refractivity contribution in [2.75, 3.05) is 0 Å². The molecule has 0 aromatic rings. The van der Waals surface area contributed by atoms with E-state index in [-0.39, 0.29) is 5.92 Å². The number of carbonyl (C=O) groups excluding carboxylic acids is 1. The maximum atomic E-state index is 11.1. The molecule has 0 aliphatic heterocycles. The highest BCUT2D eigenvalue weighted by molar-refractivity contribution is 5.79. The molecule has 12 heavy (non-hydrogen) atoms. The zero-order valence-corrected chi connectivity index (χ0v) is 7.63. The number of nitriles is 1. The third-order valence-electron chi connectivity index (χ3n) is 2.36. The minimum atomic E-state index is -1.12. The fourth-order valence-corrected chi connectivity index (χ4v) is 0.888. The Kier molecular flexibility index (Phi) is 3.71. The molecule has 0 fully saturated rings. The lowest BCUT2D eigenvalue weighted by Gasteiger charge is -2.23. The van der Waals surface area contributed by atoms with E-state index in [0.717, 1.165) is 6.42 Å². The molecule has 2 N–H and O–H groups in total. The van der Waals surface area contributed by atoms with E-state index in [2.05, 4.69) is 4.84 Å². The Bertz CT molecular complexity index is 210. The number of hydrogen-bond donors (Lipinski definition) is 1. The number of nitrogens with two attached hydrogens (primary N) is 1. The maximum Gasteiger partial charge on any atom is 0.344 e. The van der Waals surface area contributed by atoms with Gasteiger partial charge in [0.15, 0.2) is 5.41 Å². The highest BCUT2D eigenvalue weighted by Gasteiger charge is 2.39. The van der Waals surface area contributed by atoms with Crippen LogP contribution in [0.1, 0.15) is 27.2 Å². The summed E-state index contributed by atoms with van der Waals surface area (Å²) in [6.07, 6.45) is 0.735. The normalized spacial score (nSPS) is 17.2. The summed E-state index contributed by atoms with van der Waals surface area (Å²) in [6.45, 7) is 5.26. The lowest BCUT2D eigenvalue weighted by Crippen LogP contribution is -2.36. The minimum absolute atomic E-state index is 0.0569. The second-order valence-electron chi connectivity index (χ2n) is 3.03. The molecule has 0 heterocycles. The average Bonchev–Trinajstić information content (AvgIpc) is 2.13. The van der Waals surface area contributed by atoms with Crippen LogP contribution in [0.3, 0.4) is 0 Å². The van der Waals surface area contributed by atoms with Crippen molar-refractivity contribution < 1.29 is 9.63 Å². The number of hydrogen-bond acceptors (Lipinski definition) is 4. The van der Waals surface area contributed by atoms with Crippen molar-refractivity contribution >= 4 is 5.97 Å². The summed E-state index contributed by atoms with van der Waals surface area (Å²) in [5.74, 6) is 4.00. The van der Waals surface area contributed by atoms with E-state index in [0.29, 0.717) is 0 Å². The van der Waals surface area contributed by atoms with Gasteiger partial charge in [-0.25, -0.2) is 4.79 Å². The van der Waals surface area contributed by atoms with Crippen molar-refractivity contribution in [2.45, 2.75) is 27.2 Å². The molecule has 0 bridgehead atoms. The molecule has 0 rings (SSSR count). The molecule has 0 amide bonds. The van der Waals surface area contributed by atoms with Gasteiger partial charge in [0, 0.05) is 0 Å². The van der Waals surface area contributed by atoms with Crippen LogP contribution in [-0.4, -0.2) is 5.97 Å². The van der Waals surface area contributed by atoms with Crippen LogP contribution in [-0.2, 0) is 9.63 Å². The SMILES string of the molecule is CCC(C)C(C)(C#N)C(=O)ON. The lowest BCUT2D eigenvalue weighted by atomic mass is 9.78. The topological polar surface area (TPSA) is 76.1 Å². The zero-order chi connectivity index (χ0) is 9.78. The van der Waals surface area contributed by atoms with Crippen molar-refractivity contribution in [1.82, 2.24) is 0 Å². The quantitative estimate of drug-likeness (QED) is 0.640. The highest BCUT2D eigenvalue weighted by Crippen LogP contribution is 2.29. The molecule has 0 aromatic heterocycles. The van der Waals surface area contributed by atoms with E-state index >= 15 is 0 Å². The van der Waals surface area contributed by atoms with Crippen LogP contribution in [0.15, 0.2) is 0 Å². The smallest absolute Gasteiger partial charge is 0.344 e. The first-order chi connectivity index (χ1) is 5.52. The van der Waals surface area contributed by atoms with Crippen molar-refractivity contribution in [3.8, 4) is 6.07 Å². The monoisotopic (exact) mass is 170 g/mol. The van der Waals surface area contributed by atoms with Crippen LogP contribution in [0.5, 0.6) is 0 Å². The van der Waals surface area contributed by atoms with Gasteiger partial charge in [-0.05, 0) is 12.8 Å². The van der Waals surface area contributed by atoms with E-state index in [4.69, 9.17) is 11.2 Å². The third kappa shape index (κ3) is 1.74. The largest absolute Gasteiger partial charge is 0.372 e. The summed E-state index contributed by atoms with van der Waals surface area (Å²) < 4.78 is 0. The van der Waals surface area contributed by atoms with Gasteiger partial charge in [-0.3, -0.25) is 0 Å².